The van der Waals surface area contributed by atoms with Gasteiger partial charge in [0, 0.05) is 0 Å². The summed E-state index contributed by atoms with van der Waals surface area (Å²) in [7, 11) is 0. The Morgan fingerprint density at radius 1 is 1.08 bits per heavy atom. The van der Waals surface area contributed by atoms with Crippen molar-refractivity contribution in [3.63, 3.8) is 0 Å². The van der Waals surface area contributed by atoms with Gasteiger partial charge in [0.2, 0.25) is 5.78 Å². The minimum atomic E-state index is -5.50. The molecule has 0 amide bonds. The molecule has 8 heteroatoms. The highest BCUT2D eigenvalue weighted by atomic mass is 19.4. The molecule has 0 aromatic rings. The summed E-state index contributed by atoms with van der Waals surface area (Å²) in [5.74, 6) is -7.79. The van der Waals surface area contributed by atoms with E-state index in [9.17, 15) is 35.5 Å². The summed E-state index contributed by atoms with van der Waals surface area (Å²) in [6.07, 6.45) is -12.3. The zero-order valence-electron chi connectivity index (χ0n) is 5.84. The van der Waals surface area contributed by atoms with E-state index in [0.29, 0.717) is 0 Å². The molecule has 0 fully saturated rings. The molecule has 0 heterocycles. The van der Waals surface area contributed by atoms with Gasteiger partial charge in [-0.2, -0.15) is 22.0 Å². The van der Waals surface area contributed by atoms with E-state index >= 15 is 0 Å². The Morgan fingerprint density at radius 3 is 1.69 bits per heavy atom. The van der Waals surface area contributed by atoms with Crippen LogP contribution in [-0.2, 0) is 4.79 Å². The summed E-state index contributed by atoms with van der Waals surface area (Å²) in [6, 6.07) is 0. The Labute approximate surface area is 67.5 Å². The summed E-state index contributed by atoms with van der Waals surface area (Å²) in [6.45, 7) is 0. The van der Waals surface area contributed by atoms with Crippen molar-refractivity contribution in [2.45, 2.75) is 24.9 Å². The van der Waals surface area contributed by atoms with Gasteiger partial charge in [-0.15, -0.1) is 0 Å². The number of carbonyl (C=O) groups excluding carboxylic acids is 1. The van der Waals surface area contributed by atoms with Crippen LogP contribution in [-0.4, -0.2) is 24.3 Å². The molecule has 0 unspecified atom stereocenters. The molecule has 0 rings (SSSR count). The van der Waals surface area contributed by atoms with Crippen LogP contribution < -0.4 is 0 Å². The zero-order valence-corrected chi connectivity index (χ0v) is 5.84. The molecular weight excluding hydrogens is 209 g/mol. The lowest BCUT2D eigenvalue weighted by molar-refractivity contribution is -0.187. The lowest BCUT2D eigenvalue weighted by Gasteiger charge is -2.14. The molecule has 0 saturated heterocycles. The molecule has 0 aliphatic carbocycles. The lowest BCUT2D eigenvalue weighted by Crippen LogP contribution is -2.35. The van der Waals surface area contributed by atoms with Crippen molar-refractivity contribution in [1.82, 2.24) is 0 Å². The molecule has 1 nitrogen and oxygen atoms in total. The maximum atomic E-state index is 11.9. The molecule has 0 aliphatic heterocycles. The maximum absolute atomic E-state index is 11.9. The maximum Gasteiger partial charge on any atom is 0.450 e. The molecule has 0 spiro atoms. The first-order valence-electron chi connectivity index (χ1n) is 2.83. The van der Waals surface area contributed by atoms with Gasteiger partial charge in [-0.25, -0.2) is 8.78 Å². The fourth-order valence-corrected chi connectivity index (χ4v) is 0.391. The second-order valence-electron chi connectivity index (χ2n) is 2.16. The smallest absolute Gasteiger partial charge is 0.289 e. The highest BCUT2D eigenvalue weighted by Gasteiger charge is 2.49. The first-order chi connectivity index (χ1) is 5.57. The van der Waals surface area contributed by atoms with Crippen LogP contribution in [0, 0.1) is 0 Å². The third-order valence-electron chi connectivity index (χ3n) is 1.03. The molecule has 0 bridgehead atoms. The van der Waals surface area contributed by atoms with Gasteiger partial charge in [-0.3, -0.25) is 4.79 Å². The van der Waals surface area contributed by atoms with Crippen molar-refractivity contribution in [2.75, 3.05) is 0 Å². The summed E-state index contributed by atoms with van der Waals surface area (Å²) in [4.78, 5) is 9.85. The van der Waals surface area contributed by atoms with Crippen LogP contribution in [0.4, 0.5) is 30.7 Å². The van der Waals surface area contributed by atoms with E-state index in [1.165, 1.54) is 0 Å². The van der Waals surface area contributed by atoms with Crippen LogP contribution in [0.25, 0.3) is 0 Å². The number of ketones is 1. The summed E-state index contributed by atoms with van der Waals surface area (Å²) in [5.41, 5.74) is 0. The first-order valence-corrected chi connectivity index (χ1v) is 2.83. The van der Waals surface area contributed by atoms with Gasteiger partial charge in [-0.05, 0) is 0 Å². The molecule has 0 radical (unpaired) electrons. The number of hydrogen-bond acceptors (Lipinski definition) is 1. The Balaban J connectivity index is 4.38. The Bertz CT molecular complexity index is 194. The van der Waals surface area contributed by atoms with Gasteiger partial charge < -0.3 is 0 Å². The number of alkyl halides is 7. The number of hydrogen-bond donors (Lipinski definition) is 0. The van der Waals surface area contributed by atoms with Crippen molar-refractivity contribution in [3.05, 3.63) is 0 Å². The molecule has 78 valence electrons. The molecule has 0 atom stereocenters. The molecule has 0 N–H and O–H groups in total. The van der Waals surface area contributed by atoms with E-state index in [4.69, 9.17) is 0 Å². The second kappa shape index (κ2) is 3.51. The van der Waals surface area contributed by atoms with Gasteiger partial charge in [0.05, 0.1) is 6.42 Å². The third-order valence-corrected chi connectivity index (χ3v) is 1.03. The van der Waals surface area contributed by atoms with Crippen molar-refractivity contribution in [1.29, 1.82) is 0 Å². The van der Waals surface area contributed by atoms with Crippen molar-refractivity contribution in [3.8, 4) is 0 Å². The van der Waals surface area contributed by atoms with Gasteiger partial charge >= 0.3 is 18.5 Å². The average Bonchev–Trinajstić information content (AvgIpc) is 1.83. The molecule has 0 aromatic heterocycles. The highest BCUT2D eigenvalue weighted by molar-refractivity contribution is 5.84. The minimum absolute atomic E-state index is 2.52. The number of Topliss-reactive ketones (excluding diaryl/α,β-unsaturated/α-hetero) is 1. The van der Waals surface area contributed by atoms with E-state index in [1.807, 2.05) is 0 Å². The summed E-state index contributed by atoms with van der Waals surface area (Å²) in [5, 5.41) is 0. The van der Waals surface area contributed by atoms with Gasteiger partial charge in [-0.1, -0.05) is 0 Å². The molecule has 0 saturated carbocycles. The monoisotopic (exact) mass is 212 g/mol. The Hall–Kier alpha value is -0.820. The third kappa shape index (κ3) is 3.60. The number of halogens is 7. The fraction of sp³-hybridized carbons (Fsp3) is 0.800. The molecular formula is C5H3F7O. The van der Waals surface area contributed by atoms with E-state index in [0.717, 1.165) is 0 Å². The predicted octanol–water partition coefficient (Wildman–Crippen LogP) is 2.41. The summed E-state index contributed by atoms with van der Waals surface area (Å²) < 4.78 is 80.2. The van der Waals surface area contributed by atoms with Crippen LogP contribution >= 0.6 is 0 Å². The quantitative estimate of drug-likeness (QED) is 0.656. The van der Waals surface area contributed by atoms with Gasteiger partial charge in [0.25, 0.3) is 0 Å². The highest BCUT2D eigenvalue weighted by Crippen LogP contribution is 2.30. The molecule has 13 heavy (non-hydrogen) atoms. The second-order valence-corrected chi connectivity index (χ2v) is 2.16. The van der Waals surface area contributed by atoms with E-state index in [1.54, 1.807) is 0 Å². The predicted molar refractivity (Wildman–Crippen MR) is 26.6 cm³/mol. The number of rotatable bonds is 3. The largest absolute Gasteiger partial charge is 0.450 e. The molecule has 0 aliphatic rings. The summed E-state index contributed by atoms with van der Waals surface area (Å²) >= 11 is 0. The zero-order chi connectivity index (χ0) is 10.9. The van der Waals surface area contributed by atoms with Crippen LogP contribution in [0.15, 0.2) is 0 Å². The Kier molecular flexibility index (Phi) is 3.28. The normalized spacial score (nSPS) is 13.5. The van der Waals surface area contributed by atoms with E-state index in [2.05, 4.69) is 0 Å². The standard InChI is InChI=1S/C5H3F7O/c6-3(7)4(8,9)1-2(13)5(10,11)12/h3H,1H2. The van der Waals surface area contributed by atoms with Crippen molar-refractivity contribution < 1.29 is 35.5 Å². The fourth-order valence-electron chi connectivity index (χ4n) is 0.391. The van der Waals surface area contributed by atoms with Crippen LogP contribution in [0.5, 0.6) is 0 Å². The lowest BCUT2D eigenvalue weighted by atomic mass is 10.1. The minimum Gasteiger partial charge on any atom is -0.289 e. The molecule has 0 aromatic carbocycles. The van der Waals surface area contributed by atoms with Crippen LogP contribution in [0.1, 0.15) is 6.42 Å². The average molecular weight is 212 g/mol. The van der Waals surface area contributed by atoms with Crippen LogP contribution in [0.2, 0.25) is 0 Å². The number of carbonyl (C=O) groups is 1. The van der Waals surface area contributed by atoms with Gasteiger partial charge in [0.15, 0.2) is 0 Å². The van der Waals surface area contributed by atoms with Crippen molar-refractivity contribution in [2.24, 2.45) is 0 Å². The van der Waals surface area contributed by atoms with Gasteiger partial charge in [0.1, 0.15) is 0 Å². The SMILES string of the molecule is O=C(CC(F)(F)C(F)F)C(F)(F)F. The topological polar surface area (TPSA) is 17.1 Å². The first kappa shape index (κ1) is 12.2. The van der Waals surface area contributed by atoms with Crippen molar-refractivity contribution >= 4 is 5.78 Å². The van der Waals surface area contributed by atoms with Crippen LogP contribution in [0.3, 0.4) is 0 Å². The Morgan fingerprint density at radius 2 is 1.46 bits per heavy atom. The van der Waals surface area contributed by atoms with E-state index in [-0.39, 0.29) is 0 Å². The van der Waals surface area contributed by atoms with E-state index < -0.39 is 30.7 Å².